The Morgan fingerprint density at radius 1 is 1.37 bits per heavy atom. The van der Waals surface area contributed by atoms with E-state index in [1.165, 1.54) is 0 Å². The molecule has 0 aliphatic rings. The number of halogens is 2. The second-order valence-corrected chi connectivity index (χ2v) is 5.37. The fourth-order valence-electron chi connectivity index (χ4n) is 1.78. The summed E-state index contributed by atoms with van der Waals surface area (Å²) in [4.78, 5) is 18.4. The molecule has 1 aromatic heterocycles. The highest BCUT2D eigenvalue weighted by Crippen LogP contribution is 2.20. The predicted molar refractivity (Wildman–Crippen MR) is 80.0 cm³/mol. The van der Waals surface area contributed by atoms with E-state index in [1.807, 2.05) is 11.8 Å². The monoisotopic (exact) mass is 302 g/mol. The Bertz CT molecular complexity index is 437. The molecule has 0 saturated heterocycles. The second kappa shape index (κ2) is 7.71. The molecule has 0 saturated carbocycles. The summed E-state index contributed by atoms with van der Waals surface area (Å²) in [5, 5.41) is 0.631. The van der Waals surface area contributed by atoms with Crippen molar-refractivity contribution in [1.29, 1.82) is 0 Å². The summed E-state index contributed by atoms with van der Waals surface area (Å²) in [5.74, 6) is -0.143. The number of rotatable bonds is 6. The Kier molecular flexibility index (Phi) is 6.59. The van der Waals surface area contributed by atoms with Crippen LogP contribution >= 0.6 is 23.2 Å². The van der Waals surface area contributed by atoms with Crippen LogP contribution in [0.15, 0.2) is 12.1 Å². The van der Waals surface area contributed by atoms with Crippen molar-refractivity contribution in [1.82, 2.24) is 9.88 Å². The Morgan fingerprint density at radius 2 is 2.05 bits per heavy atom. The quantitative estimate of drug-likeness (QED) is 0.728. The van der Waals surface area contributed by atoms with E-state index in [2.05, 4.69) is 18.8 Å². The van der Waals surface area contributed by atoms with Crippen LogP contribution in [-0.2, 0) is 0 Å². The SMILES string of the molecule is CCCCN(C(=O)c1nc(Cl)ccc1Cl)C(C)CC. The van der Waals surface area contributed by atoms with Crippen LogP contribution in [0.25, 0.3) is 0 Å². The van der Waals surface area contributed by atoms with E-state index in [1.54, 1.807) is 12.1 Å². The van der Waals surface area contributed by atoms with E-state index in [9.17, 15) is 4.79 Å². The van der Waals surface area contributed by atoms with Gasteiger partial charge in [0.25, 0.3) is 5.91 Å². The number of carbonyl (C=O) groups excluding carboxylic acids is 1. The molecule has 1 heterocycles. The van der Waals surface area contributed by atoms with Crippen molar-refractivity contribution in [3.05, 3.63) is 28.0 Å². The van der Waals surface area contributed by atoms with Crippen LogP contribution in [0.4, 0.5) is 0 Å². The van der Waals surface area contributed by atoms with Crippen LogP contribution in [0.1, 0.15) is 50.5 Å². The van der Waals surface area contributed by atoms with Gasteiger partial charge in [-0.1, -0.05) is 43.5 Å². The van der Waals surface area contributed by atoms with Gasteiger partial charge in [-0.3, -0.25) is 4.79 Å². The fourth-order valence-corrected chi connectivity index (χ4v) is 2.11. The first-order valence-corrected chi connectivity index (χ1v) is 7.39. The number of carbonyl (C=O) groups is 1. The molecule has 0 fully saturated rings. The standard InChI is InChI=1S/C14H20Cl2N2O/c1-4-6-9-18(10(3)5-2)14(19)13-11(15)7-8-12(16)17-13/h7-8,10H,4-6,9H2,1-3H3. The van der Waals surface area contributed by atoms with Gasteiger partial charge in [-0.05, 0) is 31.9 Å². The molecule has 1 rings (SSSR count). The molecule has 5 heteroatoms. The van der Waals surface area contributed by atoms with Crippen LogP contribution in [0, 0.1) is 0 Å². The Morgan fingerprint density at radius 3 is 2.63 bits per heavy atom. The third-order valence-electron chi connectivity index (χ3n) is 3.15. The first-order valence-electron chi connectivity index (χ1n) is 6.64. The van der Waals surface area contributed by atoms with E-state index < -0.39 is 0 Å². The number of amides is 1. The van der Waals surface area contributed by atoms with Crippen LogP contribution in [-0.4, -0.2) is 28.4 Å². The highest BCUT2D eigenvalue weighted by molar-refractivity contribution is 6.34. The van der Waals surface area contributed by atoms with Gasteiger partial charge in [0, 0.05) is 12.6 Å². The Balaban J connectivity index is 3.00. The molecule has 1 unspecified atom stereocenters. The summed E-state index contributed by atoms with van der Waals surface area (Å²) in [7, 11) is 0. The summed E-state index contributed by atoms with van der Waals surface area (Å²) >= 11 is 11.9. The van der Waals surface area contributed by atoms with Crippen LogP contribution in [0.5, 0.6) is 0 Å². The van der Waals surface area contributed by atoms with Crippen LogP contribution in [0.2, 0.25) is 10.2 Å². The molecule has 3 nitrogen and oxygen atoms in total. The van der Waals surface area contributed by atoms with Gasteiger partial charge < -0.3 is 4.90 Å². The molecule has 0 bridgehead atoms. The third kappa shape index (κ3) is 4.36. The average Bonchev–Trinajstić information content (AvgIpc) is 2.41. The van der Waals surface area contributed by atoms with Gasteiger partial charge in [0.05, 0.1) is 5.02 Å². The summed E-state index contributed by atoms with van der Waals surface area (Å²) in [6.07, 6.45) is 2.90. The van der Waals surface area contributed by atoms with E-state index in [0.717, 1.165) is 25.8 Å². The highest BCUT2D eigenvalue weighted by atomic mass is 35.5. The molecular weight excluding hydrogens is 283 g/mol. The van der Waals surface area contributed by atoms with Crippen molar-refractivity contribution in [2.45, 2.75) is 46.1 Å². The van der Waals surface area contributed by atoms with Gasteiger partial charge in [-0.2, -0.15) is 0 Å². The zero-order valence-electron chi connectivity index (χ0n) is 11.6. The third-order valence-corrected chi connectivity index (χ3v) is 3.67. The van der Waals surface area contributed by atoms with E-state index in [-0.39, 0.29) is 22.8 Å². The minimum atomic E-state index is -0.143. The van der Waals surface area contributed by atoms with Gasteiger partial charge in [0.2, 0.25) is 0 Å². The lowest BCUT2D eigenvalue weighted by molar-refractivity contribution is 0.0679. The first-order chi connectivity index (χ1) is 9.01. The van der Waals surface area contributed by atoms with Crippen molar-refractivity contribution >= 4 is 29.1 Å². The number of pyridine rings is 1. The fraction of sp³-hybridized carbons (Fsp3) is 0.571. The van der Waals surface area contributed by atoms with Crippen molar-refractivity contribution in [2.75, 3.05) is 6.54 Å². The summed E-state index contributed by atoms with van der Waals surface area (Å²) in [6.45, 7) is 6.91. The van der Waals surface area contributed by atoms with E-state index in [0.29, 0.717) is 5.02 Å². The first kappa shape index (κ1) is 16.3. The molecule has 0 aliphatic carbocycles. The lowest BCUT2D eigenvalue weighted by Gasteiger charge is -2.28. The minimum absolute atomic E-state index is 0.143. The van der Waals surface area contributed by atoms with E-state index >= 15 is 0 Å². The molecule has 0 N–H and O–H groups in total. The molecule has 1 atom stereocenters. The molecule has 1 amide bonds. The second-order valence-electron chi connectivity index (χ2n) is 4.57. The van der Waals surface area contributed by atoms with Crippen molar-refractivity contribution in [3.63, 3.8) is 0 Å². The minimum Gasteiger partial charge on any atom is -0.335 e. The topological polar surface area (TPSA) is 33.2 Å². The maximum absolute atomic E-state index is 12.5. The van der Waals surface area contributed by atoms with Gasteiger partial charge in [-0.25, -0.2) is 4.98 Å². The van der Waals surface area contributed by atoms with Gasteiger partial charge in [0.1, 0.15) is 10.8 Å². The zero-order chi connectivity index (χ0) is 14.4. The molecule has 1 aromatic rings. The summed E-state index contributed by atoms with van der Waals surface area (Å²) in [6, 6.07) is 3.36. The molecular formula is C14H20Cl2N2O. The number of hydrogen-bond donors (Lipinski definition) is 0. The Labute approximate surface area is 124 Å². The van der Waals surface area contributed by atoms with Gasteiger partial charge >= 0.3 is 0 Å². The lowest BCUT2D eigenvalue weighted by Crippen LogP contribution is -2.39. The molecule has 0 aromatic carbocycles. The normalized spacial score (nSPS) is 12.3. The van der Waals surface area contributed by atoms with Gasteiger partial charge in [0.15, 0.2) is 0 Å². The predicted octanol–water partition coefficient (Wildman–Crippen LogP) is 4.43. The number of aromatic nitrogens is 1. The Hall–Kier alpha value is -0.800. The molecule has 0 radical (unpaired) electrons. The van der Waals surface area contributed by atoms with Crippen molar-refractivity contribution in [2.24, 2.45) is 0 Å². The molecule has 0 spiro atoms. The smallest absolute Gasteiger partial charge is 0.274 e. The lowest BCUT2D eigenvalue weighted by atomic mass is 10.1. The molecule has 19 heavy (non-hydrogen) atoms. The summed E-state index contributed by atoms with van der Waals surface area (Å²) < 4.78 is 0. The molecule has 106 valence electrons. The van der Waals surface area contributed by atoms with Gasteiger partial charge in [-0.15, -0.1) is 0 Å². The maximum Gasteiger partial charge on any atom is 0.274 e. The summed E-state index contributed by atoms with van der Waals surface area (Å²) in [5.41, 5.74) is 0.241. The number of nitrogens with zero attached hydrogens (tertiary/aromatic N) is 2. The van der Waals surface area contributed by atoms with E-state index in [4.69, 9.17) is 23.2 Å². The molecule has 0 aliphatic heterocycles. The zero-order valence-corrected chi connectivity index (χ0v) is 13.1. The average molecular weight is 303 g/mol. The van der Waals surface area contributed by atoms with Crippen molar-refractivity contribution in [3.8, 4) is 0 Å². The maximum atomic E-state index is 12.5. The van der Waals surface area contributed by atoms with Crippen LogP contribution < -0.4 is 0 Å². The highest BCUT2D eigenvalue weighted by Gasteiger charge is 2.23. The van der Waals surface area contributed by atoms with Crippen LogP contribution in [0.3, 0.4) is 0 Å². The number of hydrogen-bond acceptors (Lipinski definition) is 2. The number of unbranched alkanes of at least 4 members (excludes halogenated alkanes) is 1. The van der Waals surface area contributed by atoms with Crippen molar-refractivity contribution < 1.29 is 4.79 Å². The largest absolute Gasteiger partial charge is 0.335 e.